The van der Waals surface area contributed by atoms with Crippen molar-refractivity contribution in [3.05, 3.63) is 76.9 Å². The first-order chi connectivity index (χ1) is 10.8. The summed E-state index contributed by atoms with van der Waals surface area (Å²) < 4.78 is 17.5. The van der Waals surface area contributed by atoms with Gasteiger partial charge in [-0.25, -0.2) is 0 Å². The molecule has 4 nitrogen and oxygen atoms in total. The normalized spacial score (nSPS) is 11.9. The molecule has 0 aromatic heterocycles. The molecule has 1 amide bonds. The van der Waals surface area contributed by atoms with Crippen LogP contribution in [0, 0.1) is 0 Å². The first-order valence-electron chi connectivity index (χ1n) is 6.92. The van der Waals surface area contributed by atoms with Gasteiger partial charge in [-0.2, -0.15) is 0 Å². The molecule has 2 aromatic carbocycles. The van der Waals surface area contributed by atoms with E-state index in [0.29, 0.717) is 21.9 Å². The highest BCUT2D eigenvalue weighted by Gasteiger charge is 2.14. The molecule has 2 rings (SSSR count). The Bertz CT molecular complexity index is 751. The van der Waals surface area contributed by atoms with Gasteiger partial charge in [0.05, 0.1) is 0 Å². The first kappa shape index (κ1) is 17.3. The second kappa shape index (κ2) is 7.49. The Hall–Kier alpha value is -2.03. The Morgan fingerprint density at radius 2 is 1.65 bits per heavy atom. The molecule has 0 bridgehead atoms. The minimum absolute atomic E-state index is 0.275. The fourth-order valence-corrected chi connectivity index (χ4v) is 2.58. The zero-order valence-corrected chi connectivity index (χ0v) is 14.5. The number of hydrogen-bond donors (Lipinski definition) is 1. The third-order valence-corrected chi connectivity index (χ3v) is 3.71. The van der Waals surface area contributed by atoms with Crippen molar-refractivity contribution in [1.82, 2.24) is 5.32 Å². The van der Waals surface area contributed by atoms with Gasteiger partial charge in [0.2, 0.25) is 7.37 Å². The molecular weight excluding hydrogens is 333 g/mol. The molecule has 120 valence electrons. The second-order valence-electron chi connectivity index (χ2n) is 5.20. The number of carbonyl (C=O) groups excluding carboxylic acids is 1. The molecule has 0 aliphatic carbocycles. The van der Waals surface area contributed by atoms with Gasteiger partial charge in [-0.05, 0) is 36.4 Å². The summed E-state index contributed by atoms with van der Waals surface area (Å²) in [6.07, 6.45) is 1.41. The number of amides is 1. The summed E-state index contributed by atoms with van der Waals surface area (Å²) in [7, 11) is -2.78. The summed E-state index contributed by atoms with van der Waals surface area (Å²) in [5.41, 5.74) is 1.20. The smallest absolute Gasteiger partial charge is 0.255 e. The molecule has 6 heteroatoms. The van der Waals surface area contributed by atoms with E-state index in [1.54, 1.807) is 48.5 Å². The minimum Gasteiger partial charge on any atom is -0.441 e. The van der Waals surface area contributed by atoms with E-state index in [9.17, 15) is 9.36 Å². The van der Waals surface area contributed by atoms with Gasteiger partial charge < -0.3 is 9.84 Å². The van der Waals surface area contributed by atoms with Gasteiger partial charge in [0, 0.05) is 35.7 Å². The van der Waals surface area contributed by atoms with Crippen LogP contribution in [0.4, 0.5) is 0 Å². The molecule has 0 unspecified atom stereocenters. The van der Waals surface area contributed by atoms with Crippen molar-refractivity contribution in [3.8, 4) is 0 Å². The van der Waals surface area contributed by atoms with Gasteiger partial charge in [0.25, 0.3) is 5.91 Å². The Balaban J connectivity index is 2.24. The fourth-order valence-electron chi connectivity index (χ4n) is 1.82. The summed E-state index contributed by atoms with van der Waals surface area (Å²) in [6, 6.07) is 15.7. The highest BCUT2D eigenvalue weighted by molar-refractivity contribution is 7.57. The van der Waals surface area contributed by atoms with Gasteiger partial charge >= 0.3 is 0 Å². The van der Waals surface area contributed by atoms with Gasteiger partial charge in [0.15, 0.2) is 0 Å². The average Bonchev–Trinajstić information content (AvgIpc) is 2.52. The summed E-state index contributed by atoms with van der Waals surface area (Å²) >= 11 is 5.87. The van der Waals surface area contributed by atoms with Crippen LogP contribution in [0.5, 0.6) is 0 Å². The molecule has 0 aliphatic rings. The Morgan fingerprint density at radius 3 is 2.22 bits per heavy atom. The standard InChI is InChI=1S/C17H17ClNO3P/c1-23(2,21)22-16(13-8-10-15(18)11-9-13)12-19-17(20)14-6-4-3-5-7-14/h3-12H,1-2H3,(H,19,20). The number of carbonyl (C=O) groups is 1. The third kappa shape index (κ3) is 5.59. The number of benzene rings is 2. The maximum absolute atomic E-state index is 12.1. The Morgan fingerprint density at radius 1 is 1.04 bits per heavy atom. The van der Waals surface area contributed by atoms with Crippen LogP contribution in [0.1, 0.15) is 15.9 Å². The lowest BCUT2D eigenvalue weighted by atomic mass is 10.2. The third-order valence-electron chi connectivity index (χ3n) is 2.82. The van der Waals surface area contributed by atoms with Crippen molar-refractivity contribution in [1.29, 1.82) is 0 Å². The highest BCUT2D eigenvalue weighted by Crippen LogP contribution is 2.42. The fraction of sp³-hybridized carbons (Fsp3) is 0.118. The van der Waals surface area contributed by atoms with E-state index >= 15 is 0 Å². The summed E-state index contributed by atoms with van der Waals surface area (Å²) in [6.45, 7) is 3.02. The lowest BCUT2D eigenvalue weighted by Gasteiger charge is -2.14. The minimum atomic E-state index is -2.78. The molecule has 23 heavy (non-hydrogen) atoms. The molecule has 0 aliphatic heterocycles. The molecule has 0 fully saturated rings. The lowest BCUT2D eigenvalue weighted by molar-refractivity contribution is 0.0969. The van der Waals surface area contributed by atoms with E-state index in [-0.39, 0.29) is 5.91 Å². The molecule has 0 spiro atoms. The summed E-state index contributed by atoms with van der Waals surface area (Å²) in [5.74, 6) is 0.0435. The van der Waals surface area contributed by atoms with Gasteiger partial charge in [-0.3, -0.25) is 9.36 Å². The van der Waals surface area contributed by atoms with E-state index < -0.39 is 7.37 Å². The highest BCUT2D eigenvalue weighted by atomic mass is 35.5. The predicted octanol–water partition coefficient (Wildman–Crippen LogP) is 4.62. The molecule has 1 N–H and O–H groups in total. The number of nitrogens with one attached hydrogen (secondary N) is 1. The molecular formula is C17H17ClNO3P. The van der Waals surface area contributed by atoms with Crippen molar-refractivity contribution in [2.24, 2.45) is 0 Å². The van der Waals surface area contributed by atoms with Gasteiger partial charge in [-0.1, -0.05) is 29.8 Å². The second-order valence-corrected chi connectivity index (χ2v) is 8.32. The predicted molar refractivity (Wildman–Crippen MR) is 93.9 cm³/mol. The van der Waals surface area contributed by atoms with Crippen molar-refractivity contribution in [2.45, 2.75) is 0 Å². The van der Waals surface area contributed by atoms with Crippen LogP contribution in [0.3, 0.4) is 0 Å². The van der Waals surface area contributed by atoms with Crippen LogP contribution in [-0.2, 0) is 9.09 Å². The van der Waals surface area contributed by atoms with Crippen molar-refractivity contribution in [3.63, 3.8) is 0 Å². The first-order valence-corrected chi connectivity index (χ1v) is 9.81. The Labute approximate surface area is 140 Å². The molecule has 0 saturated carbocycles. The topological polar surface area (TPSA) is 55.4 Å². The molecule has 0 atom stereocenters. The summed E-state index contributed by atoms with van der Waals surface area (Å²) in [5, 5.41) is 3.24. The van der Waals surface area contributed by atoms with Crippen LogP contribution in [0.2, 0.25) is 5.02 Å². The van der Waals surface area contributed by atoms with Gasteiger partial charge in [-0.15, -0.1) is 0 Å². The number of halogens is 1. The maximum atomic E-state index is 12.1. The van der Waals surface area contributed by atoms with Crippen LogP contribution in [0.25, 0.3) is 5.76 Å². The van der Waals surface area contributed by atoms with Crippen LogP contribution < -0.4 is 5.32 Å². The molecule has 2 aromatic rings. The zero-order chi connectivity index (χ0) is 16.9. The molecule has 0 saturated heterocycles. The van der Waals surface area contributed by atoms with E-state index in [0.717, 1.165) is 0 Å². The van der Waals surface area contributed by atoms with E-state index in [1.807, 2.05) is 6.07 Å². The quantitative estimate of drug-likeness (QED) is 0.633. The van der Waals surface area contributed by atoms with Crippen LogP contribution >= 0.6 is 19.0 Å². The van der Waals surface area contributed by atoms with E-state index in [2.05, 4.69) is 5.32 Å². The molecule has 0 heterocycles. The van der Waals surface area contributed by atoms with Crippen molar-refractivity contribution >= 4 is 30.6 Å². The van der Waals surface area contributed by atoms with E-state index in [4.69, 9.17) is 16.1 Å². The largest absolute Gasteiger partial charge is 0.441 e. The van der Waals surface area contributed by atoms with Crippen molar-refractivity contribution < 1.29 is 13.9 Å². The SMILES string of the molecule is CP(C)(=O)OC(=CNC(=O)c1ccccc1)c1ccc(Cl)cc1. The number of hydrogen-bond acceptors (Lipinski definition) is 3. The van der Waals surface area contributed by atoms with E-state index in [1.165, 1.54) is 19.5 Å². The Kier molecular flexibility index (Phi) is 5.64. The molecule has 0 radical (unpaired) electrons. The van der Waals surface area contributed by atoms with Gasteiger partial charge in [0.1, 0.15) is 5.76 Å². The number of rotatable bonds is 5. The van der Waals surface area contributed by atoms with Crippen molar-refractivity contribution in [2.75, 3.05) is 13.3 Å². The maximum Gasteiger partial charge on any atom is 0.255 e. The monoisotopic (exact) mass is 349 g/mol. The average molecular weight is 350 g/mol. The zero-order valence-electron chi connectivity index (χ0n) is 12.8. The van der Waals surface area contributed by atoms with Crippen LogP contribution in [0.15, 0.2) is 60.8 Å². The lowest BCUT2D eigenvalue weighted by Crippen LogP contribution is -2.17. The van der Waals surface area contributed by atoms with Crippen LogP contribution in [-0.4, -0.2) is 19.2 Å². The summed E-state index contributed by atoms with van der Waals surface area (Å²) in [4.78, 5) is 12.1.